The smallest absolute Gasteiger partial charge is 0.102 e. The van der Waals surface area contributed by atoms with Gasteiger partial charge in [-0.15, -0.1) is 0 Å². The summed E-state index contributed by atoms with van der Waals surface area (Å²) < 4.78 is 6.48. The van der Waals surface area contributed by atoms with Gasteiger partial charge in [0.15, 0.2) is 0 Å². The van der Waals surface area contributed by atoms with Crippen LogP contribution in [-0.2, 0) is 4.74 Å². The summed E-state index contributed by atoms with van der Waals surface area (Å²) in [4.78, 5) is 0. The third-order valence-corrected chi connectivity index (χ3v) is 3.48. The Morgan fingerprint density at radius 3 is 2.61 bits per heavy atom. The van der Waals surface area contributed by atoms with Crippen molar-refractivity contribution < 1.29 is 21.6 Å². The van der Waals surface area contributed by atoms with Gasteiger partial charge in [-0.3, -0.25) is 0 Å². The standard InChI is InChI=1S/C13H22N3O.ClH/c1-16(8-10-17-11-9-16)7-6-15-13-5-3-2-4-12(13)14;/h2-5,15H,6-11,14H2,1H3;1H/q+1;/p-1. The summed E-state index contributed by atoms with van der Waals surface area (Å²) in [6.45, 7) is 6.02. The second-order valence-electron chi connectivity index (χ2n) is 4.92. The summed E-state index contributed by atoms with van der Waals surface area (Å²) >= 11 is 0. The molecule has 1 fully saturated rings. The second-order valence-corrected chi connectivity index (χ2v) is 4.92. The third kappa shape index (κ3) is 4.05. The summed E-state index contributed by atoms with van der Waals surface area (Å²) in [5.41, 5.74) is 7.74. The Kier molecular flexibility index (Phi) is 5.72. The van der Waals surface area contributed by atoms with Gasteiger partial charge in [-0.25, -0.2) is 0 Å². The molecule has 4 nitrogen and oxygen atoms in total. The van der Waals surface area contributed by atoms with Crippen molar-refractivity contribution in [1.29, 1.82) is 0 Å². The molecule has 1 heterocycles. The van der Waals surface area contributed by atoms with Crippen LogP contribution < -0.4 is 23.5 Å². The van der Waals surface area contributed by atoms with Crippen LogP contribution in [0.2, 0.25) is 0 Å². The lowest BCUT2D eigenvalue weighted by molar-refractivity contribution is -0.915. The number of rotatable bonds is 4. The predicted molar refractivity (Wildman–Crippen MR) is 70.9 cm³/mol. The first-order chi connectivity index (χ1) is 8.20. The molecule has 5 heteroatoms. The zero-order valence-corrected chi connectivity index (χ0v) is 11.6. The van der Waals surface area contributed by atoms with Crippen molar-refractivity contribution in [1.82, 2.24) is 0 Å². The molecule has 1 aromatic carbocycles. The minimum atomic E-state index is 0. The molecule has 1 saturated heterocycles. The first-order valence-electron chi connectivity index (χ1n) is 6.19. The fourth-order valence-corrected chi connectivity index (χ4v) is 2.13. The van der Waals surface area contributed by atoms with Crippen LogP contribution in [0.5, 0.6) is 0 Å². The second kappa shape index (κ2) is 6.83. The monoisotopic (exact) mass is 271 g/mol. The lowest BCUT2D eigenvalue weighted by atomic mass is 10.2. The highest BCUT2D eigenvalue weighted by molar-refractivity contribution is 5.65. The molecule has 0 atom stereocenters. The summed E-state index contributed by atoms with van der Waals surface area (Å²) in [5, 5.41) is 3.40. The number of nitrogen functional groups attached to an aromatic ring is 1. The van der Waals surface area contributed by atoms with E-state index in [-0.39, 0.29) is 12.4 Å². The number of morpholine rings is 1. The molecule has 1 aliphatic rings. The summed E-state index contributed by atoms with van der Waals surface area (Å²) in [6.07, 6.45) is 0. The molecule has 0 unspecified atom stereocenters. The van der Waals surface area contributed by atoms with Crippen LogP contribution >= 0.6 is 0 Å². The molecular weight excluding hydrogens is 250 g/mol. The SMILES string of the molecule is C[N+]1(CCNc2ccccc2N)CCOCC1.[Cl-]. The number of nitrogens with one attached hydrogen (secondary N) is 1. The van der Waals surface area contributed by atoms with E-state index in [4.69, 9.17) is 10.5 Å². The summed E-state index contributed by atoms with van der Waals surface area (Å²) in [6, 6.07) is 7.90. The molecule has 0 aromatic heterocycles. The van der Waals surface area contributed by atoms with E-state index < -0.39 is 0 Å². The van der Waals surface area contributed by atoms with Crippen LogP contribution in [0.15, 0.2) is 24.3 Å². The molecule has 1 aliphatic heterocycles. The summed E-state index contributed by atoms with van der Waals surface area (Å²) in [7, 11) is 2.29. The number of hydrogen-bond donors (Lipinski definition) is 2. The van der Waals surface area contributed by atoms with Crippen molar-refractivity contribution in [2.45, 2.75) is 0 Å². The molecule has 102 valence electrons. The van der Waals surface area contributed by atoms with Crippen LogP contribution in [0.25, 0.3) is 0 Å². The maximum Gasteiger partial charge on any atom is 0.102 e. The Hall–Kier alpha value is -0.970. The Bertz CT molecular complexity index is 367. The molecule has 0 amide bonds. The topological polar surface area (TPSA) is 47.3 Å². The zero-order valence-electron chi connectivity index (χ0n) is 10.9. The number of likely N-dealkylation sites (N-methyl/N-ethyl adjacent to an activating group) is 1. The molecule has 0 bridgehead atoms. The average molecular weight is 272 g/mol. The number of nitrogens with two attached hydrogens (primary N) is 1. The normalized spacial score (nSPS) is 17.8. The van der Waals surface area contributed by atoms with Gasteiger partial charge in [-0.2, -0.15) is 0 Å². The highest BCUT2D eigenvalue weighted by Crippen LogP contribution is 2.16. The fraction of sp³-hybridized carbons (Fsp3) is 0.538. The van der Waals surface area contributed by atoms with E-state index in [1.807, 2.05) is 24.3 Å². The third-order valence-electron chi connectivity index (χ3n) is 3.48. The first kappa shape index (κ1) is 15.1. The molecule has 0 spiro atoms. The van der Waals surface area contributed by atoms with Gasteiger partial charge in [-0.05, 0) is 12.1 Å². The average Bonchev–Trinajstić information content (AvgIpc) is 2.32. The Labute approximate surface area is 115 Å². The van der Waals surface area contributed by atoms with Crippen molar-refractivity contribution in [3.63, 3.8) is 0 Å². The van der Waals surface area contributed by atoms with Gasteiger partial charge in [0, 0.05) is 0 Å². The molecule has 3 N–H and O–H groups in total. The maximum absolute atomic E-state index is 5.89. The number of benzene rings is 1. The quantitative estimate of drug-likeness (QED) is 0.500. The van der Waals surface area contributed by atoms with Gasteiger partial charge < -0.3 is 32.7 Å². The highest BCUT2D eigenvalue weighted by Gasteiger charge is 2.24. The van der Waals surface area contributed by atoms with Crippen molar-refractivity contribution >= 4 is 11.4 Å². The number of anilines is 2. The number of halogens is 1. The molecular formula is C13H22ClN3O. The number of para-hydroxylation sites is 2. The van der Waals surface area contributed by atoms with E-state index in [1.165, 1.54) is 0 Å². The lowest BCUT2D eigenvalue weighted by Crippen LogP contribution is -3.00. The van der Waals surface area contributed by atoms with Crippen molar-refractivity contribution in [3.05, 3.63) is 24.3 Å². The van der Waals surface area contributed by atoms with Crippen LogP contribution in [0.3, 0.4) is 0 Å². The van der Waals surface area contributed by atoms with E-state index >= 15 is 0 Å². The van der Waals surface area contributed by atoms with Crippen LogP contribution in [0, 0.1) is 0 Å². The molecule has 1 aromatic rings. The van der Waals surface area contributed by atoms with Crippen LogP contribution in [0.4, 0.5) is 11.4 Å². The molecule has 0 saturated carbocycles. The first-order valence-corrected chi connectivity index (χ1v) is 6.19. The predicted octanol–water partition coefficient (Wildman–Crippen LogP) is -1.84. The Morgan fingerprint density at radius 1 is 1.28 bits per heavy atom. The molecule has 0 radical (unpaired) electrons. The molecule has 18 heavy (non-hydrogen) atoms. The number of ether oxygens (including phenoxy) is 1. The Morgan fingerprint density at radius 2 is 1.94 bits per heavy atom. The lowest BCUT2D eigenvalue weighted by Gasteiger charge is -2.37. The van der Waals surface area contributed by atoms with Gasteiger partial charge in [0.05, 0.1) is 44.7 Å². The van der Waals surface area contributed by atoms with Crippen molar-refractivity contribution in [2.24, 2.45) is 0 Å². The van der Waals surface area contributed by atoms with E-state index in [9.17, 15) is 0 Å². The van der Waals surface area contributed by atoms with Gasteiger partial charge in [0.25, 0.3) is 0 Å². The van der Waals surface area contributed by atoms with Crippen LogP contribution in [0.1, 0.15) is 0 Å². The van der Waals surface area contributed by atoms with E-state index in [2.05, 4.69) is 12.4 Å². The highest BCUT2D eigenvalue weighted by atomic mass is 35.5. The molecule has 2 rings (SSSR count). The Balaban J connectivity index is 0.00000162. The maximum atomic E-state index is 5.89. The number of hydrogen-bond acceptors (Lipinski definition) is 3. The summed E-state index contributed by atoms with van der Waals surface area (Å²) in [5.74, 6) is 0. The van der Waals surface area contributed by atoms with Crippen molar-refractivity contribution in [2.75, 3.05) is 57.5 Å². The van der Waals surface area contributed by atoms with Gasteiger partial charge in [0.1, 0.15) is 13.1 Å². The van der Waals surface area contributed by atoms with E-state index in [1.54, 1.807) is 0 Å². The largest absolute Gasteiger partial charge is 1.00 e. The minimum Gasteiger partial charge on any atom is -1.00 e. The van der Waals surface area contributed by atoms with Crippen molar-refractivity contribution in [3.8, 4) is 0 Å². The van der Waals surface area contributed by atoms with E-state index in [0.717, 1.165) is 55.3 Å². The number of nitrogens with zero attached hydrogens (tertiary/aromatic N) is 1. The number of quaternary nitrogens is 1. The minimum absolute atomic E-state index is 0. The van der Waals surface area contributed by atoms with Gasteiger partial charge >= 0.3 is 0 Å². The molecule has 0 aliphatic carbocycles. The fourth-order valence-electron chi connectivity index (χ4n) is 2.13. The zero-order chi connectivity index (χ0) is 12.1. The van der Waals surface area contributed by atoms with Gasteiger partial charge in [-0.1, -0.05) is 12.1 Å². The van der Waals surface area contributed by atoms with Gasteiger partial charge in [0.2, 0.25) is 0 Å². The van der Waals surface area contributed by atoms with Crippen LogP contribution in [-0.4, -0.2) is 50.9 Å². The van der Waals surface area contributed by atoms with E-state index in [0.29, 0.717) is 0 Å².